The summed E-state index contributed by atoms with van der Waals surface area (Å²) in [7, 11) is -10.5. The molecule has 5 atom stereocenters. The Kier molecular flexibility index (Phi) is 9.31. The van der Waals surface area contributed by atoms with Gasteiger partial charge in [0.25, 0.3) is 0 Å². The zero-order valence-corrected chi connectivity index (χ0v) is 17.6. The second-order valence-corrected chi connectivity index (χ2v) is 9.42. The fourth-order valence-corrected chi connectivity index (χ4v) is 4.43. The zero-order chi connectivity index (χ0) is 22.0. The molecule has 1 aromatic heterocycles. The van der Waals surface area contributed by atoms with Crippen molar-refractivity contribution in [3.05, 3.63) is 22.7 Å². The van der Waals surface area contributed by atoms with Crippen molar-refractivity contribution in [3.8, 4) is 0 Å². The highest BCUT2D eigenvalue weighted by Crippen LogP contribution is 2.57. The SMILES string of the molecule is N.NC(=O)CSc1ccn([C@@H]2O[C@H](COP(=O)(O)OP(=O)(O)O)[C@@H](O)[C@H]2O)c(=O)n1. The zero-order valence-electron chi connectivity index (χ0n) is 15.0. The molecule has 1 fully saturated rings. The molecule has 1 aromatic rings. The van der Waals surface area contributed by atoms with Crippen LogP contribution >= 0.6 is 27.4 Å². The first kappa shape index (κ1) is 26.8. The number of amides is 1. The number of rotatable bonds is 9. The van der Waals surface area contributed by atoms with Crippen LogP contribution in [-0.4, -0.2) is 71.0 Å². The molecule has 1 saturated heterocycles. The first-order chi connectivity index (χ1) is 13.3. The minimum atomic E-state index is -5.33. The molecule has 0 aromatic carbocycles. The van der Waals surface area contributed by atoms with Gasteiger partial charge in [-0.15, -0.1) is 0 Å². The van der Waals surface area contributed by atoms with Crippen molar-refractivity contribution in [3.63, 3.8) is 0 Å². The van der Waals surface area contributed by atoms with E-state index in [4.69, 9.17) is 20.3 Å². The molecule has 2 rings (SSSR count). The van der Waals surface area contributed by atoms with E-state index in [1.807, 2.05) is 0 Å². The van der Waals surface area contributed by atoms with E-state index >= 15 is 0 Å². The molecule has 1 amide bonds. The van der Waals surface area contributed by atoms with Gasteiger partial charge in [-0.25, -0.2) is 13.9 Å². The van der Waals surface area contributed by atoms with Gasteiger partial charge in [-0.3, -0.25) is 13.9 Å². The lowest BCUT2D eigenvalue weighted by atomic mass is 10.1. The smallest absolute Gasteiger partial charge is 0.387 e. The molecule has 30 heavy (non-hydrogen) atoms. The van der Waals surface area contributed by atoms with Crippen LogP contribution < -0.4 is 17.6 Å². The Labute approximate surface area is 172 Å². The second-order valence-electron chi connectivity index (χ2n) is 5.59. The first-order valence-electron chi connectivity index (χ1n) is 7.55. The quantitative estimate of drug-likeness (QED) is 0.109. The predicted octanol–water partition coefficient (Wildman–Crippen LogP) is -2.17. The van der Waals surface area contributed by atoms with Crippen LogP contribution in [0.15, 0.2) is 22.1 Å². The number of phosphoric ester groups is 1. The summed E-state index contributed by atoms with van der Waals surface area (Å²) in [6.45, 7) is -0.906. The Morgan fingerprint density at radius 1 is 1.30 bits per heavy atom. The fraction of sp³-hybridized carbons (Fsp3) is 0.545. The minimum absolute atomic E-state index is 0. The number of aliphatic hydroxyl groups is 2. The van der Waals surface area contributed by atoms with E-state index in [0.29, 0.717) is 0 Å². The molecule has 2 heterocycles. The van der Waals surface area contributed by atoms with Crippen LogP contribution in [0.1, 0.15) is 6.23 Å². The van der Waals surface area contributed by atoms with Gasteiger partial charge in [0.05, 0.1) is 12.4 Å². The van der Waals surface area contributed by atoms with Gasteiger partial charge < -0.3 is 41.5 Å². The van der Waals surface area contributed by atoms with Crippen molar-refractivity contribution in [2.45, 2.75) is 29.6 Å². The summed E-state index contributed by atoms with van der Waals surface area (Å²) in [5.74, 6) is -0.736. The van der Waals surface area contributed by atoms with E-state index in [-0.39, 0.29) is 16.9 Å². The molecule has 0 aliphatic carbocycles. The maximum atomic E-state index is 12.1. The molecular formula is C11H20N4O12P2S. The third-order valence-corrected chi connectivity index (χ3v) is 6.49. The van der Waals surface area contributed by atoms with Crippen LogP contribution in [-0.2, 0) is 27.5 Å². The molecule has 1 unspecified atom stereocenters. The third kappa shape index (κ3) is 7.49. The van der Waals surface area contributed by atoms with Crippen molar-refractivity contribution < 1.29 is 52.4 Å². The summed E-state index contributed by atoms with van der Waals surface area (Å²) in [6.07, 6.45) is -5.09. The number of hydrogen-bond acceptors (Lipinski definition) is 12. The van der Waals surface area contributed by atoms with Crippen LogP contribution in [0, 0.1) is 0 Å². The number of nitrogens with zero attached hydrogens (tertiary/aromatic N) is 2. The highest BCUT2D eigenvalue weighted by molar-refractivity contribution is 7.99. The molecule has 19 heteroatoms. The molecular weight excluding hydrogens is 474 g/mol. The van der Waals surface area contributed by atoms with Crippen LogP contribution in [0.4, 0.5) is 0 Å². The number of carbonyl (C=O) groups excluding carboxylic acids is 1. The number of carbonyl (C=O) groups is 1. The molecule has 1 aliphatic rings. The van der Waals surface area contributed by atoms with Crippen molar-refractivity contribution in [1.29, 1.82) is 0 Å². The van der Waals surface area contributed by atoms with Crippen LogP contribution in [0.3, 0.4) is 0 Å². The molecule has 1 aliphatic heterocycles. The normalized spacial score (nSPS) is 26.0. The van der Waals surface area contributed by atoms with E-state index in [9.17, 15) is 33.8 Å². The Morgan fingerprint density at radius 3 is 2.47 bits per heavy atom. The van der Waals surface area contributed by atoms with Crippen molar-refractivity contribution in [2.24, 2.45) is 5.73 Å². The highest BCUT2D eigenvalue weighted by atomic mass is 32.2. The molecule has 0 saturated carbocycles. The van der Waals surface area contributed by atoms with Gasteiger partial charge in [0.15, 0.2) is 6.23 Å². The van der Waals surface area contributed by atoms with Gasteiger partial charge in [-0.2, -0.15) is 9.29 Å². The fourth-order valence-electron chi connectivity index (χ4n) is 2.24. The van der Waals surface area contributed by atoms with E-state index < -0.39 is 58.4 Å². The average Bonchev–Trinajstić information content (AvgIpc) is 2.84. The lowest BCUT2D eigenvalue weighted by Crippen LogP contribution is -2.36. The monoisotopic (exact) mass is 494 g/mol. The molecule has 0 radical (unpaired) electrons. The van der Waals surface area contributed by atoms with Gasteiger partial charge in [-0.1, -0.05) is 11.8 Å². The molecule has 0 bridgehead atoms. The molecule has 172 valence electrons. The van der Waals surface area contributed by atoms with Gasteiger partial charge in [0, 0.05) is 6.20 Å². The van der Waals surface area contributed by atoms with Crippen LogP contribution in [0.5, 0.6) is 0 Å². The number of hydrogen-bond donors (Lipinski definition) is 7. The first-order valence-corrected chi connectivity index (χ1v) is 11.6. The number of aromatic nitrogens is 2. The van der Waals surface area contributed by atoms with Gasteiger partial charge in [0.1, 0.15) is 23.3 Å². The summed E-state index contributed by atoms with van der Waals surface area (Å²) in [4.78, 5) is 52.9. The minimum Gasteiger partial charge on any atom is -0.387 e. The largest absolute Gasteiger partial charge is 0.481 e. The summed E-state index contributed by atoms with van der Waals surface area (Å²) in [5.41, 5.74) is 4.10. The molecule has 16 nitrogen and oxygen atoms in total. The standard InChI is InChI=1S/C11H17N3O12P2S.H3N/c12-6(15)4-29-7-1-2-14(11(18)13-7)10-9(17)8(16)5(25-10)3-24-28(22,23)26-27(19,20)21;/h1-2,5,8-10,16-17H,3-4H2,(H2,12,15)(H,22,23)(H2,19,20,21);1H3/t5-,8-,9-,10-;/m1./s1. The number of primary amides is 1. The van der Waals surface area contributed by atoms with E-state index in [1.54, 1.807) is 0 Å². The molecule has 0 spiro atoms. The lowest BCUT2D eigenvalue weighted by molar-refractivity contribution is -0.115. The third-order valence-electron chi connectivity index (χ3n) is 3.39. The lowest BCUT2D eigenvalue weighted by Gasteiger charge is -2.18. The number of aliphatic hydroxyl groups excluding tert-OH is 2. The van der Waals surface area contributed by atoms with Crippen LogP contribution in [0.25, 0.3) is 0 Å². The van der Waals surface area contributed by atoms with Crippen molar-refractivity contribution in [2.75, 3.05) is 12.4 Å². The van der Waals surface area contributed by atoms with Gasteiger partial charge in [0.2, 0.25) is 5.91 Å². The Bertz CT molecular complexity index is 908. The summed E-state index contributed by atoms with van der Waals surface area (Å²) in [6, 6.07) is 1.33. The highest BCUT2D eigenvalue weighted by Gasteiger charge is 2.45. The average molecular weight is 494 g/mol. The number of nitrogens with two attached hydrogens (primary N) is 1. The van der Waals surface area contributed by atoms with Gasteiger partial charge >= 0.3 is 21.3 Å². The molecule has 10 N–H and O–H groups in total. The topological polar surface area (TPSA) is 276 Å². The number of phosphoric acid groups is 2. The summed E-state index contributed by atoms with van der Waals surface area (Å²) >= 11 is 0.903. The Balaban J connectivity index is 0.00000450. The van der Waals surface area contributed by atoms with E-state index in [0.717, 1.165) is 16.3 Å². The number of thioether (sulfide) groups is 1. The Morgan fingerprint density at radius 2 is 1.93 bits per heavy atom. The summed E-state index contributed by atoms with van der Waals surface area (Å²) in [5, 5.41) is 20.3. The van der Waals surface area contributed by atoms with Crippen LogP contribution in [0.2, 0.25) is 0 Å². The predicted molar refractivity (Wildman–Crippen MR) is 98.3 cm³/mol. The maximum Gasteiger partial charge on any atom is 0.481 e. The van der Waals surface area contributed by atoms with Crippen molar-refractivity contribution in [1.82, 2.24) is 15.7 Å². The van der Waals surface area contributed by atoms with Crippen molar-refractivity contribution >= 4 is 33.3 Å². The second kappa shape index (κ2) is 10.4. The summed E-state index contributed by atoms with van der Waals surface area (Å²) < 4.78 is 36.1. The number of ether oxygens (including phenoxy) is 1. The maximum absolute atomic E-state index is 12.1. The van der Waals surface area contributed by atoms with E-state index in [2.05, 4.69) is 13.8 Å². The van der Waals surface area contributed by atoms with E-state index in [1.165, 1.54) is 12.3 Å². The Hall–Kier alpha value is -1.20. The van der Waals surface area contributed by atoms with Gasteiger partial charge in [-0.05, 0) is 6.07 Å².